The molecule has 0 aromatic rings. The van der Waals surface area contributed by atoms with E-state index >= 15 is 0 Å². The second-order valence-corrected chi connectivity index (χ2v) is 1.49. The van der Waals surface area contributed by atoms with Crippen molar-refractivity contribution in [3.63, 3.8) is 0 Å². The minimum atomic E-state index is 0.500. The second kappa shape index (κ2) is 3.77. The Morgan fingerprint density at radius 1 is 1.33 bits per heavy atom. The molecule has 0 amide bonds. The van der Waals surface area contributed by atoms with Crippen LogP contribution in [0.1, 0.15) is 13.8 Å². The molecule has 9 heavy (non-hydrogen) atoms. The zero-order valence-corrected chi connectivity index (χ0v) is 5.63. The molecule has 0 aliphatic rings. The SMILES string of the molecule is C=NC(C)=N/C(C)=N\N. The number of nitrogens with zero attached hydrogens (tertiary/aromatic N) is 3. The fraction of sp³-hybridized carbons (Fsp3) is 0.400. The van der Waals surface area contributed by atoms with E-state index in [0.29, 0.717) is 11.7 Å². The summed E-state index contributed by atoms with van der Waals surface area (Å²) in [6.45, 7) is 6.68. The first-order valence-corrected chi connectivity index (χ1v) is 2.47. The number of rotatable bonds is 0. The van der Waals surface area contributed by atoms with Crippen molar-refractivity contribution >= 4 is 18.4 Å². The lowest BCUT2D eigenvalue weighted by Gasteiger charge is -1.88. The maximum absolute atomic E-state index is 4.89. The van der Waals surface area contributed by atoms with E-state index in [2.05, 4.69) is 21.8 Å². The van der Waals surface area contributed by atoms with Crippen LogP contribution in [0.25, 0.3) is 0 Å². The number of amidine groups is 2. The third-order valence-electron chi connectivity index (χ3n) is 0.739. The van der Waals surface area contributed by atoms with Crippen LogP contribution in [-0.4, -0.2) is 18.4 Å². The van der Waals surface area contributed by atoms with Crippen LogP contribution in [0.15, 0.2) is 15.1 Å². The number of hydrogen-bond donors (Lipinski definition) is 1. The first kappa shape index (κ1) is 7.81. The molecule has 4 nitrogen and oxygen atoms in total. The van der Waals surface area contributed by atoms with Crippen LogP contribution < -0.4 is 5.84 Å². The Bertz CT molecular complexity index is 156. The van der Waals surface area contributed by atoms with E-state index in [1.165, 1.54) is 0 Å². The number of hydrazone groups is 1. The molecular formula is C5H10N4. The smallest absolute Gasteiger partial charge is 0.146 e. The number of hydrogen-bond acceptors (Lipinski definition) is 2. The van der Waals surface area contributed by atoms with Gasteiger partial charge in [-0.1, -0.05) is 0 Å². The van der Waals surface area contributed by atoms with Crippen LogP contribution in [0.3, 0.4) is 0 Å². The summed E-state index contributed by atoms with van der Waals surface area (Å²) >= 11 is 0. The van der Waals surface area contributed by atoms with E-state index in [-0.39, 0.29) is 0 Å². The lowest BCUT2D eigenvalue weighted by Crippen LogP contribution is -1.95. The summed E-state index contributed by atoms with van der Waals surface area (Å²) < 4.78 is 0. The standard InChI is InChI=1S/C5H10N4/c1-4(7-3)8-5(2)9-6/h3,6H2,1-2H3/b8-4?,9-5-. The van der Waals surface area contributed by atoms with Gasteiger partial charge in [-0.15, -0.1) is 0 Å². The Hall–Kier alpha value is -1.19. The normalized spacial score (nSPS) is 13.6. The lowest BCUT2D eigenvalue weighted by atomic mass is 10.6. The maximum Gasteiger partial charge on any atom is 0.146 e. The van der Waals surface area contributed by atoms with Crippen LogP contribution >= 0.6 is 0 Å². The van der Waals surface area contributed by atoms with Gasteiger partial charge in [0.25, 0.3) is 0 Å². The molecule has 0 bridgehead atoms. The highest BCUT2D eigenvalue weighted by Gasteiger charge is 1.84. The molecule has 4 heteroatoms. The van der Waals surface area contributed by atoms with Gasteiger partial charge in [0, 0.05) is 0 Å². The van der Waals surface area contributed by atoms with E-state index in [4.69, 9.17) is 5.84 Å². The van der Waals surface area contributed by atoms with Gasteiger partial charge >= 0.3 is 0 Å². The average molecular weight is 126 g/mol. The van der Waals surface area contributed by atoms with Crippen LogP contribution in [0.2, 0.25) is 0 Å². The van der Waals surface area contributed by atoms with Gasteiger partial charge in [-0.25, -0.2) is 9.98 Å². The van der Waals surface area contributed by atoms with Gasteiger partial charge in [0.05, 0.1) is 0 Å². The van der Waals surface area contributed by atoms with Crippen molar-refractivity contribution in [2.45, 2.75) is 13.8 Å². The van der Waals surface area contributed by atoms with Gasteiger partial charge in [-0.05, 0) is 20.6 Å². The molecule has 0 aromatic heterocycles. The largest absolute Gasteiger partial charge is 0.322 e. The summed E-state index contributed by atoms with van der Waals surface area (Å²) in [5, 5.41) is 3.32. The second-order valence-electron chi connectivity index (χ2n) is 1.49. The van der Waals surface area contributed by atoms with Crippen LogP contribution in [0.4, 0.5) is 0 Å². The van der Waals surface area contributed by atoms with Gasteiger partial charge < -0.3 is 5.84 Å². The molecule has 0 saturated carbocycles. The highest BCUT2D eigenvalue weighted by atomic mass is 15.2. The summed E-state index contributed by atoms with van der Waals surface area (Å²) in [5.41, 5.74) is 0. The Kier molecular flexibility index (Phi) is 3.27. The molecule has 0 heterocycles. The lowest BCUT2D eigenvalue weighted by molar-refractivity contribution is 1.22. The topological polar surface area (TPSA) is 63.1 Å². The van der Waals surface area contributed by atoms with E-state index in [9.17, 15) is 0 Å². The predicted molar refractivity (Wildman–Crippen MR) is 40.0 cm³/mol. The first-order valence-electron chi connectivity index (χ1n) is 2.47. The highest BCUT2D eigenvalue weighted by Crippen LogP contribution is 1.80. The first-order chi connectivity index (χ1) is 4.20. The molecule has 0 unspecified atom stereocenters. The molecule has 0 aliphatic heterocycles. The Morgan fingerprint density at radius 3 is 2.22 bits per heavy atom. The molecule has 0 rings (SSSR count). The molecular weight excluding hydrogens is 116 g/mol. The van der Waals surface area contributed by atoms with Crippen LogP contribution in [-0.2, 0) is 0 Å². The van der Waals surface area contributed by atoms with E-state index < -0.39 is 0 Å². The van der Waals surface area contributed by atoms with Crippen molar-refractivity contribution in [3.8, 4) is 0 Å². The van der Waals surface area contributed by atoms with Crippen molar-refractivity contribution in [2.75, 3.05) is 0 Å². The Morgan fingerprint density at radius 2 is 1.89 bits per heavy atom. The van der Waals surface area contributed by atoms with Crippen molar-refractivity contribution in [3.05, 3.63) is 0 Å². The molecule has 0 spiro atoms. The van der Waals surface area contributed by atoms with Crippen molar-refractivity contribution in [1.29, 1.82) is 0 Å². The third-order valence-corrected chi connectivity index (χ3v) is 0.739. The molecule has 0 atom stereocenters. The average Bonchev–Trinajstić information content (AvgIpc) is 1.87. The fourth-order valence-electron chi connectivity index (χ4n) is 0.298. The minimum absolute atomic E-state index is 0.500. The Balaban J connectivity index is 4.11. The zero-order chi connectivity index (χ0) is 7.28. The fourth-order valence-corrected chi connectivity index (χ4v) is 0.298. The molecule has 0 aliphatic carbocycles. The van der Waals surface area contributed by atoms with Crippen molar-refractivity contribution in [1.82, 2.24) is 0 Å². The van der Waals surface area contributed by atoms with E-state index in [0.717, 1.165) is 0 Å². The molecule has 0 fully saturated rings. The van der Waals surface area contributed by atoms with Crippen LogP contribution in [0.5, 0.6) is 0 Å². The van der Waals surface area contributed by atoms with Gasteiger partial charge in [0.1, 0.15) is 11.7 Å². The monoisotopic (exact) mass is 126 g/mol. The van der Waals surface area contributed by atoms with Crippen LogP contribution in [0, 0.1) is 0 Å². The summed E-state index contributed by atoms with van der Waals surface area (Å²) in [4.78, 5) is 7.37. The van der Waals surface area contributed by atoms with Gasteiger partial charge in [-0.3, -0.25) is 0 Å². The summed E-state index contributed by atoms with van der Waals surface area (Å²) in [7, 11) is 0. The van der Waals surface area contributed by atoms with E-state index in [1.807, 2.05) is 0 Å². The van der Waals surface area contributed by atoms with Gasteiger partial charge in [0.2, 0.25) is 0 Å². The van der Waals surface area contributed by atoms with Gasteiger partial charge in [0.15, 0.2) is 0 Å². The summed E-state index contributed by atoms with van der Waals surface area (Å²) in [6.07, 6.45) is 0. The maximum atomic E-state index is 4.89. The summed E-state index contributed by atoms with van der Waals surface area (Å²) in [5.74, 6) is 5.96. The third kappa shape index (κ3) is 3.40. The molecule has 50 valence electrons. The van der Waals surface area contributed by atoms with Crippen molar-refractivity contribution in [2.24, 2.45) is 20.9 Å². The number of nitrogens with two attached hydrogens (primary N) is 1. The molecule has 2 N–H and O–H groups in total. The zero-order valence-electron chi connectivity index (χ0n) is 5.63. The Labute approximate surface area is 54.2 Å². The number of aliphatic imine (C=N–C) groups is 2. The van der Waals surface area contributed by atoms with Crippen molar-refractivity contribution < 1.29 is 0 Å². The van der Waals surface area contributed by atoms with Gasteiger partial charge in [-0.2, -0.15) is 5.10 Å². The minimum Gasteiger partial charge on any atom is -0.322 e. The van der Waals surface area contributed by atoms with E-state index in [1.54, 1.807) is 13.8 Å². The summed E-state index contributed by atoms with van der Waals surface area (Å²) in [6, 6.07) is 0. The molecule has 0 aromatic carbocycles. The predicted octanol–water partition coefficient (Wildman–Crippen LogP) is 0.398. The quantitative estimate of drug-likeness (QED) is 0.217. The highest BCUT2D eigenvalue weighted by molar-refractivity contribution is 5.96. The molecule has 0 radical (unpaired) electrons. The molecule has 0 saturated heterocycles.